The number of rotatable bonds is 4. The number of aromatic amines is 1. The molecule has 0 atom stereocenters. The maximum Gasteiger partial charge on any atom is 0.270 e. The molecule has 0 fully saturated rings. The van der Waals surface area contributed by atoms with E-state index >= 15 is 0 Å². The van der Waals surface area contributed by atoms with Gasteiger partial charge < -0.3 is 4.90 Å². The van der Waals surface area contributed by atoms with Crippen LogP contribution in [0.5, 0.6) is 0 Å². The van der Waals surface area contributed by atoms with Crippen LogP contribution in [-0.2, 0) is 6.54 Å². The molecule has 0 spiro atoms. The van der Waals surface area contributed by atoms with Crippen molar-refractivity contribution >= 4 is 11.6 Å². The molecule has 1 N–H and O–H groups in total. The Labute approximate surface area is 109 Å². The lowest BCUT2D eigenvalue weighted by atomic mass is 10.1. The zero-order chi connectivity index (χ0) is 13.8. The number of nitrogens with one attached hydrogen (secondary N) is 1. The number of H-pyrrole nitrogens is 1. The standard InChI is InChI=1S/C12H12N4O3/c1-15(8-9-6-13-14-7-9)12(17)10-3-2-4-11(5-10)16(18)19/h2-7H,8H2,1H3,(H,13,14). The minimum absolute atomic E-state index is 0.0949. The van der Waals surface area contributed by atoms with E-state index in [4.69, 9.17) is 0 Å². The molecule has 7 nitrogen and oxygen atoms in total. The molecule has 1 aromatic carbocycles. The number of nitro groups is 1. The Hall–Kier alpha value is -2.70. The Morgan fingerprint density at radius 2 is 2.32 bits per heavy atom. The van der Waals surface area contributed by atoms with Gasteiger partial charge in [0.1, 0.15) is 0 Å². The summed E-state index contributed by atoms with van der Waals surface area (Å²) in [6.45, 7) is 0.387. The fourth-order valence-electron chi connectivity index (χ4n) is 1.68. The van der Waals surface area contributed by atoms with Crippen molar-refractivity contribution in [2.24, 2.45) is 0 Å². The molecule has 1 amide bonds. The van der Waals surface area contributed by atoms with E-state index in [0.29, 0.717) is 12.1 Å². The molecule has 0 unspecified atom stereocenters. The van der Waals surface area contributed by atoms with Crippen molar-refractivity contribution in [3.05, 3.63) is 57.9 Å². The van der Waals surface area contributed by atoms with Crippen LogP contribution in [0.1, 0.15) is 15.9 Å². The molecule has 1 heterocycles. The summed E-state index contributed by atoms with van der Waals surface area (Å²) in [6.07, 6.45) is 3.31. The van der Waals surface area contributed by atoms with Crippen LogP contribution >= 0.6 is 0 Å². The molecule has 19 heavy (non-hydrogen) atoms. The molecule has 7 heteroatoms. The van der Waals surface area contributed by atoms with Gasteiger partial charge >= 0.3 is 0 Å². The van der Waals surface area contributed by atoms with E-state index in [1.165, 1.54) is 23.1 Å². The van der Waals surface area contributed by atoms with Crippen molar-refractivity contribution < 1.29 is 9.72 Å². The highest BCUT2D eigenvalue weighted by Crippen LogP contribution is 2.15. The van der Waals surface area contributed by atoms with Crippen LogP contribution in [0.25, 0.3) is 0 Å². The lowest BCUT2D eigenvalue weighted by Gasteiger charge is -2.15. The number of amides is 1. The Morgan fingerprint density at radius 1 is 1.53 bits per heavy atom. The quantitative estimate of drug-likeness (QED) is 0.667. The fourth-order valence-corrected chi connectivity index (χ4v) is 1.68. The summed E-state index contributed by atoms with van der Waals surface area (Å²) in [5.74, 6) is -0.273. The molecule has 0 aliphatic carbocycles. The van der Waals surface area contributed by atoms with Gasteiger partial charge in [-0.1, -0.05) is 6.07 Å². The van der Waals surface area contributed by atoms with Gasteiger partial charge in [0.2, 0.25) is 0 Å². The van der Waals surface area contributed by atoms with Gasteiger partial charge in [0.15, 0.2) is 0 Å². The Morgan fingerprint density at radius 3 is 2.95 bits per heavy atom. The van der Waals surface area contributed by atoms with E-state index in [1.807, 2.05) is 0 Å². The first-order valence-electron chi connectivity index (χ1n) is 5.55. The summed E-state index contributed by atoms with van der Waals surface area (Å²) in [5, 5.41) is 17.1. The SMILES string of the molecule is CN(Cc1cn[nH]c1)C(=O)c1cccc([N+](=O)[O-])c1. The van der Waals surface area contributed by atoms with Crippen molar-refractivity contribution in [2.75, 3.05) is 7.05 Å². The Bertz CT molecular complexity index is 595. The summed E-state index contributed by atoms with van der Waals surface area (Å²) in [7, 11) is 1.63. The number of benzene rings is 1. The fraction of sp³-hybridized carbons (Fsp3) is 0.167. The number of hydrogen-bond donors (Lipinski definition) is 1. The highest BCUT2D eigenvalue weighted by molar-refractivity contribution is 5.94. The number of non-ortho nitro benzene ring substituents is 1. The van der Waals surface area contributed by atoms with Gasteiger partial charge in [-0.05, 0) is 6.07 Å². The third kappa shape index (κ3) is 2.95. The van der Waals surface area contributed by atoms with E-state index in [-0.39, 0.29) is 11.6 Å². The average Bonchev–Trinajstić information content (AvgIpc) is 2.90. The first-order valence-corrected chi connectivity index (χ1v) is 5.55. The van der Waals surface area contributed by atoms with Crippen LogP contribution in [0.3, 0.4) is 0 Å². The molecular formula is C12H12N4O3. The maximum atomic E-state index is 12.1. The second-order valence-corrected chi connectivity index (χ2v) is 4.08. The maximum absolute atomic E-state index is 12.1. The number of aromatic nitrogens is 2. The van der Waals surface area contributed by atoms with Gasteiger partial charge in [-0.15, -0.1) is 0 Å². The van der Waals surface area contributed by atoms with Crippen molar-refractivity contribution in [1.29, 1.82) is 0 Å². The van der Waals surface area contributed by atoms with E-state index in [2.05, 4.69) is 10.2 Å². The minimum atomic E-state index is -0.521. The van der Waals surface area contributed by atoms with Crippen LogP contribution in [0.2, 0.25) is 0 Å². The van der Waals surface area contributed by atoms with Crippen molar-refractivity contribution in [2.45, 2.75) is 6.54 Å². The summed E-state index contributed by atoms with van der Waals surface area (Å²) in [6, 6.07) is 5.68. The number of nitro benzene ring substituents is 1. The smallest absolute Gasteiger partial charge is 0.270 e. The molecule has 0 radical (unpaired) electrons. The number of hydrogen-bond acceptors (Lipinski definition) is 4. The number of carbonyl (C=O) groups excluding carboxylic acids is 1. The molecule has 1 aromatic heterocycles. The highest BCUT2D eigenvalue weighted by atomic mass is 16.6. The van der Waals surface area contributed by atoms with E-state index in [1.54, 1.807) is 25.5 Å². The number of carbonyl (C=O) groups is 1. The summed E-state index contributed by atoms with van der Waals surface area (Å²) >= 11 is 0. The predicted molar refractivity (Wildman–Crippen MR) is 67.5 cm³/mol. The van der Waals surface area contributed by atoms with Gasteiger partial charge in [-0.25, -0.2) is 0 Å². The van der Waals surface area contributed by atoms with Gasteiger partial charge in [0.25, 0.3) is 11.6 Å². The Balaban J connectivity index is 2.14. The van der Waals surface area contributed by atoms with Crippen molar-refractivity contribution in [3.63, 3.8) is 0 Å². The van der Waals surface area contributed by atoms with Gasteiger partial charge in [0.05, 0.1) is 11.1 Å². The molecule has 0 aliphatic rings. The summed E-state index contributed by atoms with van der Waals surface area (Å²) in [4.78, 5) is 23.7. The largest absolute Gasteiger partial charge is 0.337 e. The molecular weight excluding hydrogens is 248 g/mol. The molecule has 0 aliphatic heterocycles. The predicted octanol–water partition coefficient (Wildman–Crippen LogP) is 1.59. The van der Waals surface area contributed by atoms with Crippen LogP contribution in [0.4, 0.5) is 5.69 Å². The molecule has 2 aromatic rings. The van der Waals surface area contributed by atoms with Crippen LogP contribution < -0.4 is 0 Å². The molecule has 0 saturated carbocycles. The van der Waals surface area contributed by atoms with Crippen LogP contribution in [0, 0.1) is 10.1 Å². The Kier molecular flexibility index (Phi) is 3.56. The number of nitrogens with zero attached hydrogens (tertiary/aromatic N) is 3. The van der Waals surface area contributed by atoms with E-state index in [0.717, 1.165) is 5.56 Å². The monoisotopic (exact) mass is 260 g/mol. The van der Waals surface area contributed by atoms with E-state index in [9.17, 15) is 14.9 Å². The van der Waals surface area contributed by atoms with Gasteiger partial charge in [-0.3, -0.25) is 20.0 Å². The third-order valence-corrected chi connectivity index (χ3v) is 2.63. The first-order chi connectivity index (χ1) is 9.08. The lowest BCUT2D eigenvalue weighted by Crippen LogP contribution is -2.26. The van der Waals surface area contributed by atoms with Crippen molar-refractivity contribution in [1.82, 2.24) is 15.1 Å². The normalized spacial score (nSPS) is 10.2. The van der Waals surface area contributed by atoms with Gasteiger partial charge in [-0.2, -0.15) is 5.10 Å². The lowest BCUT2D eigenvalue weighted by molar-refractivity contribution is -0.384. The van der Waals surface area contributed by atoms with Crippen molar-refractivity contribution in [3.8, 4) is 0 Å². The minimum Gasteiger partial charge on any atom is -0.337 e. The zero-order valence-corrected chi connectivity index (χ0v) is 10.2. The van der Waals surface area contributed by atoms with E-state index < -0.39 is 4.92 Å². The molecule has 98 valence electrons. The molecule has 0 saturated heterocycles. The van der Waals surface area contributed by atoms with Gasteiger partial charge in [0, 0.05) is 43.0 Å². The molecule has 0 bridgehead atoms. The summed E-state index contributed by atoms with van der Waals surface area (Å²) < 4.78 is 0. The first kappa shape index (κ1) is 12.7. The third-order valence-electron chi connectivity index (χ3n) is 2.63. The zero-order valence-electron chi connectivity index (χ0n) is 10.2. The van der Waals surface area contributed by atoms with Crippen LogP contribution in [-0.4, -0.2) is 33.0 Å². The van der Waals surface area contributed by atoms with Crippen LogP contribution in [0.15, 0.2) is 36.7 Å². The second kappa shape index (κ2) is 5.30. The second-order valence-electron chi connectivity index (χ2n) is 4.08. The topological polar surface area (TPSA) is 92.1 Å². The highest BCUT2D eigenvalue weighted by Gasteiger charge is 2.15. The average molecular weight is 260 g/mol. The molecule has 2 rings (SSSR count). The summed E-state index contributed by atoms with van der Waals surface area (Å²) in [5.41, 5.74) is 1.06.